The van der Waals surface area contributed by atoms with Crippen molar-refractivity contribution in [2.24, 2.45) is 17.8 Å². The van der Waals surface area contributed by atoms with E-state index in [0.717, 1.165) is 38.2 Å². The molecule has 0 bridgehead atoms. The number of carbonyl (C=O) groups is 2. The van der Waals surface area contributed by atoms with Gasteiger partial charge in [-0.05, 0) is 66.5 Å². The molecule has 0 heterocycles. The summed E-state index contributed by atoms with van der Waals surface area (Å²) in [4.78, 5) is 25.3. The van der Waals surface area contributed by atoms with Crippen molar-refractivity contribution >= 4 is 54.8 Å². The van der Waals surface area contributed by atoms with E-state index in [1.807, 2.05) is 29.5 Å². The first kappa shape index (κ1) is 30.1. The predicted molar refractivity (Wildman–Crippen MR) is 151 cm³/mol. The monoisotopic (exact) mass is 714 g/mol. The Kier molecular flexibility index (Phi) is 11.6. The molecule has 0 amide bonds. The van der Waals surface area contributed by atoms with Crippen LogP contribution in [0.4, 0.5) is 0 Å². The van der Waals surface area contributed by atoms with Crippen LogP contribution in [-0.2, 0) is 19.1 Å². The van der Waals surface area contributed by atoms with Gasteiger partial charge in [0.05, 0.1) is 18.9 Å². The Balaban J connectivity index is 2.52. The molecule has 5 atom stereocenters. The zero-order chi connectivity index (χ0) is 26.3. The number of aliphatic hydroxyl groups is 3. The van der Waals surface area contributed by atoms with Gasteiger partial charge >= 0.3 is 0 Å². The minimum absolute atomic E-state index is 0.170. The van der Waals surface area contributed by atoms with Gasteiger partial charge in [-0.15, -0.1) is 0 Å². The molecule has 0 aromatic carbocycles. The SMILES string of the molecule is CCCCCC1C(OC2C=C(OC)C=C(C(O)(I)CCCC)C2C(C)=O)=C(O)C=C(O)C1C(=O)I. The highest BCUT2D eigenvalue weighted by Gasteiger charge is 2.45. The third-order valence-electron chi connectivity index (χ3n) is 6.49. The highest BCUT2D eigenvalue weighted by molar-refractivity contribution is 14.1. The molecule has 0 aromatic rings. The van der Waals surface area contributed by atoms with Crippen LogP contribution in [-0.4, -0.2) is 41.7 Å². The van der Waals surface area contributed by atoms with Crippen molar-refractivity contribution in [2.45, 2.75) is 75.4 Å². The predicted octanol–water partition coefficient (Wildman–Crippen LogP) is 6.36. The fraction of sp³-hybridized carbons (Fsp3) is 0.615. The summed E-state index contributed by atoms with van der Waals surface area (Å²) in [7, 11) is 1.50. The van der Waals surface area contributed by atoms with Gasteiger partial charge in [-0.2, -0.15) is 0 Å². The maximum Gasteiger partial charge on any atom is 0.203 e. The minimum atomic E-state index is -1.29. The first-order chi connectivity index (χ1) is 16.5. The summed E-state index contributed by atoms with van der Waals surface area (Å²) in [5, 5.41) is 32.6. The van der Waals surface area contributed by atoms with Crippen LogP contribution in [0.15, 0.2) is 46.8 Å². The van der Waals surface area contributed by atoms with Crippen LogP contribution in [0.1, 0.15) is 65.7 Å². The Bertz CT molecular complexity index is 917. The molecule has 9 heteroatoms. The number of hydrogen-bond donors (Lipinski definition) is 3. The average Bonchev–Trinajstić information content (AvgIpc) is 2.78. The zero-order valence-corrected chi connectivity index (χ0v) is 25.0. The largest absolute Gasteiger partial charge is 0.511 e. The van der Waals surface area contributed by atoms with E-state index in [1.54, 1.807) is 34.7 Å². The molecule has 2 aliphatic rings. The molecule has 0 aliphatic heterocycles. The molecular formula is C26H36I2O7. The van der Waals surface area contributed by atoms with Crippen molar-refractivity contribution in [3.63, 3.8) is 0 Å². The molecule has 0 fully saturated rings. The smallest absolute Gasteiger partial charge is 0.203 e. The summed E-state index contributed by atoms with van der Waals surface area (Å²) < 4.78 is 10.3. The molecule has 3 N–H and O–H groups in total. The highest BCUT2D eigenvalue weighted by Crippen LogP contribution is 2.44. The van der Waals surface area contributed by atoms with E-state index in [2.05, 4.69) is 6.92 Å². The van der Waals surface area contributed by atoms with Gasteiger partial charge in [0.2, 0.25) is 3.79 Å². The lowest BCUT2D eigenvalue weighted by molar-refractivity contribution is -0.123. The van der Waals surface area contributed by atoms with Crippen LogP contribution < -0.4 is 0 Å². The number of hydrogen-bond acceptors (Lipinski definition) is 7. The van der Waals surface area contributed by atoms with Gasteiger partial charge in [0.15, 0.2) is 5.76 Å². The van der Waals surface area contributed by atoms with Crippen LogP contribution in [0.3, 0.4) is 0 Å². The normalized spacial score (nSPS) is 26.3. The van der Waals surface area contributed by atoms with E-state index in [1.165, 1.54) is 14.0 Å². The Hall–Kier alpha value is -1.08. The first-order valence-electron chi connectivity index (χ1n) is 12.1. The van der Waals surface area contributed by atoms with Crippen LogP contribution in [0.25, 0.3) is 0 Å². The topological polar surface area (TPSA) is 113 Å². The quantitative estimate of drug-likeness (QED) is 0.0882. The number of alkyl halides is 1. The summed E-state index contributed by atoms with van der Waals surface area (Å²) in [5.74, 6) is -2.27. The molecule has 0 radical (unpaired) electrons. The second kappa shape index (κ2) is 13.5. The van der Waals surface area contributed by atoms with E-state index in [4.69, 9.17) is 9.47 Å². The third-order valence-corrected chi connectivity index (χ3v) is 8.32. The van der Waals surface area contributed by atoms with Crippen LogP contribution in [0, 0.1) is 17.8 Å². The lowest BCUT2D eigenvalue weighted by atomic mass is 9.79. The number of unbranched alkanes of at least 4 members (excludes halogenated alkanes) is 3. The number of aliphatic hydroxyl groups excluding tert-OH is 2. The molecule has 0 spiro atoms. The fourth-order valence-electron chi connectivity index (χ4n) is 4.64. The number of rotatable bonds is 13. The molecular weight excluding hydrogens is 678 g/mol. The fourth-order valence-corrected chi connectivity index (χ4v) is 6.26. The number of ketones is 1. The summed E-state index contributed by atoms with van der Waals surface area (Å²) in [6.45, 7) is 5.55. The Labute approximate surface area is 235 Å². The Morgan fingerprint density at radius 1 is 1.09 bits per heavy atom. The van der Waals surface area contributed by atoms with Gasteiger partial charge in [0, 0.05) is 34.6 Å². The summed E-state index contributed by atoms with van der Waals surface area (Å²) in [5.41, 5.74) is 0.488. The number of ether oxygens (including phenoxy) is 2. The third kappa shape index (κ3) is 7.47. The molecule has 5 unspecified atom stereocenters. The molecule has 35 heavy (non-hydrogen) atoms. The second-order valence-corrected chi connectivity index (χ2v) is 12.0. The molecule has 2 aliphatic carbocycles. The number of halogens is 2. The van der Waals surface area contributed by atoms with E-state index in [0.29, 0.717) is 24.2 Å². The van der Waals surface area contributed by atoms with Gasteiger partial charge < -0.3 is 24.8 Å². The maximum absolute atomic E-state index is 12.9. The van der Waals surface area contributed by atoms with Gasteiger partial charge in [0.25, 0.3) is 0 Å². The van der Waals surface area contributed by atoms with Crippen LogP contribution >= 0.6 is 45.2 Å². The molecule has 2 rings (SSSR count). The summed E-state index contributed by atoms with van der Waals surface area (Å²) in [6.07, 6.45) is 8.94. The van der Waals surface area contributed by atoms with Crippen molar-refractivity contribution in [1.82, 2.24) is 0 Å². The minimum Gasteiger partial charge on any atom is -0.511 e. The standard InChI is InChI=1S/C26H36I2O7/c1-5-7-9-10-17-23(25(27)32)19(30)14-20(31)24(17)35-21-13-16(34-4)12-18(22(21)15(3)29)26(28,33)11-8-6-2/h12-14,17,21-23,30-31,33H,5-11H2,1-4H3. The molecule has 0 aromatic heterocycles. The lowest BCUT2D eigenvalue weighted by Gasteiger charge is -2.38. The number of allylic oxidation sites excluding steroid dienone is 4. The second-order valence-electron chi connectivity index (χ2n) is 9.11. The van der Waals surface area contributed by atoms with Gasteiger partial charge in [0.1, 0.15) is 32.8 Å². The van der Waals surface area contributed by atoms with Crippen molar-refractivity contribution in [2.75, 3.05) is 7.11 Å². The lowest BCUT2D eigenvalue weighted by Crippen LogP contribution is -2.41. The number of methoxy groups -OCH3 is 1. The molecule has 7 nitrogen and oxygen atoms in total. The van der Waals surface area contributed by atoms with Crippen molar-refractivity contribution in [1.29, 1.82) is 0 Å². The number of carbonyl (C=O) groups excluding carboxylic acids is 2. The van der Waals surface area contributed by atoms with Crippen LogP contribution in [0.2, 0.25) is 0 Å². The maximum atomic E-state index is 12.9. The summed E-state index contributed by atoms with van der Waals surface area (Å²) >= 11 is 3.63. The Morgan fingerprint density at radius 3 is 2.29 bits per heavy atom. The van der Waals surface area contributed by atoms with E-state index in [-0.39, 0.29) is 26.9 Å². The van der Waals surface area contributed by atoms with Gasteiger partial charge in [-0.25, -0.2) is 0 Å². The molecule has 196 valence electrons. The average molecular weight is 714 g/mol. The van der Waals surface area contributed by atoms with Gasteiger partial charge in [-0.1, -0.05) is 39.5 Å². The highest BCUT2D eigenvalue weighted by atomic mass is 127. The summed E-state index contributed by atoms with van der Waals surface area (Å²) in [6, 6.07) is 0. The van der Waals surface area contributed by atoms with E-state index in [9.17, 15) is 24.9 Å². The molecule has 0 saturated heterocycles. The Morgan fingerprint density at radius 2 is 1.74 bits per heavy atom. The molecule has 0 saturated carbocycles. The van der Waals surface area contributed by atoms with E-state index < -0.39 is 27.5 Å². The van der Waals surface area contributed by atoms with Crippen molar-refractivity contribution in [3.05, 3.63) is 46.8 Å². The first-order valence-corrected chi connectivity index (χ1v) is 14.2. The van der Waals surface area contributed by atoms with E-state index >= 15 is 0 Å². The van der Waals surface area contributed by atoms with Gasteiger partial charge in [-0.3, -0.25) is 9.59 Å². The van der Waals surface area contributed by atoms with Crippen LogP contribution in [0.5, 0.6) is 0 Å². The number of Topliss-reactive ketones (excluding diaryl/α,β-unsaturated/α-hetero) is 1. The van der Waals surface area contributed by atoms with Crippen molar-refractivity contribution < 1.29 is 34.4 Å². The van der Waals surface area contributed by atoms with Crippen molar-refractivity contribution in [3.8, 4) is 0 Å². The zero-order valence-electron chi connectivity index (χ0n) is 20.7.